The van der Waals surface area contributed by atoms with E-state index in [4.69, 9.17) is 0 Å². The topological polar surface area (TPSA) is 30.0 Å². The second-order valence-corrected chi connectivity index (χ2v) is 3.68. The van der Waals surface area contributed by atoms with Gasteiger partial charge in [0.05, 0.1) is 0 Å². The van der Waals surface area contributed by atoms with E-state index in [1.807, 2.05) is 12.3 Å². The zero-order valence-corrected chi connectivity index (χ0v) is 8.16. The summed E-state index contributed by atoms with van der Waals surface area (Å²) in [6.45, 7) is 4.38. The molecule has 2 nitrogen and oxygen atoms in total. The summed E-state index contributed by atoms with van der Waals surface area (Å²) in [5.41, 5.74) is 1.82. The highest BCUT2D eigenvalue weighted by Gasteiger charge is 1.98. The summed E-state index contributed by atoms with van der Waals surface area (Å²) in [4.78, 5) is 14.5. The van der Waals surface area contributed by atoms with Gasteiger partial charge < -0.3 is 0 Å². The van der Waals surface area contributed by atoms with Crippen LogP contribution >= 0.6 is 0 Å². The van der Waals surface area contributed by atoms with Gasteiger partial charge in [0.1, 0.15) is 0 Å². The molecule has 0 spiro atoms. The monoisotopic (exact) mass is 177 g/mol. The maximum atomic E-state index is 10.5. The summed E-state index contributed by atoms with van der Waals surface area (Å²) in [5.74, 6) is 0.694. The van der Waals surface area contributed by atoms with Crippen molar-refractivity contribution < 1.29 is 4.79 Å². The molecule has 0 saturated carbocycles. The van der Waals surface area contributed by atoms with Crippen LogP contribution < -0.4 is 0 Å². The fourth-order valence-electron chi connectivity index (χ4n) is 1.16. The van der Waals surface area contributed by atoms with E-state index in [0.29, 0.717) is 11.5 Å². The van der Waals surface area contributed by atoms with Gasteiger partial charge in [-0.3, -0.25) is 9.78 Å². The van der Waals surface area contributed by atoms with Crippen molar-refractivity contribution in [2.45, 2.75) is 26.7 Å². The van der Waals surface area contributed by atoms with E-state index in [1.54, 1.807) is 6.20 Å². The minimum Gasteiger partial charge on any atom is -0.298 e. The van der Waals surface area contributed by atoms with Crippen LogP contribution in [0.1, 0.15) is 36.2 Å². The zero-order valence-electron chi connectivity index (χ0n) is 8.16. The van der Waals surface area contributed by atoms with Crippen LogP contribution in [0.4, 0.5) is 0 Å². The molecule has 0 amide bonds. The molecule has 0 N–H and O–H groups in total. The number of rotatable bonds is 4. The maximum absolute atomic E-state index is 10.5. The van der Waals surface area contributed by atoms with Crippen molar-refractivity contribution in [2.24, 2.45) is 5.92 Å². The predicted molar refractivity (Wildman–Crippen MR) is 52.8 cm³/mol. The van der Waals surface area contributed by atoms with E-state index in [1.165, 1.54) is 0 Å². The molecule has 1 rings (SSSR count). The van der Waals surface area contributed by atoms with E-state index >= 15 is 0 Å². The predicted octanol–water partition coefficient (Wildman–Crippen LogP) is 2.48. The van der Waals surface area contributed by atoms with Crippen LogP contribution in [0.2, 0.25) is 0 Å². The van der Waals surface area contributed by atoms with E-state index in [0.717, 1.165) is 24.7 Å². The molecule has 0 atom stereocenters. The minimum atomic E-state index is 0.668. The van der Waals surface area contributed by atoms with Gasteiger partial charge in [0.15, 0.2) is 6.29 Å². The van der Waals surface area contributed by atoms with E-state index in [-0.39, 0.29) is 0 Å². The number of carbonyl (C=O) groups is 1. The first-order valence-electron chi connectivity index (χ1n) is 4.61. The number of aromatic nitrogens is 1. The fourth-order valence-corrected chi connectivity index (χ4v) is 1.16. The molecule has 0 radical (unpaired) electrons. The van der Waals surface area contributed by atoms with Crippen LogP contribution in [0, 0.1) is 5.92 Å². The first kappa shape index (κ1) is 9.90. The highest BCUT2D eigenvalue weighted by Crippen LogP contribution is 2.08. The minimum absolute atomic E-state index is 0.668. The molecule has 1 aromatic rings. The lowest BCUT2D eigenvalue weighted by Crippen LogP contribution is -1.94. The van der Waals surface area contributed by atoms with Gasteiger partial charge in [-0.25, -0.2) is 0 Å². The lowest BCUT2D eigenvalue weighted by molar-refractivity contribution is 0.112. The molecule has 0 aliphatic heterocycles. The van der Waals surface area contributed by atoms with Crippen LogP contribution in [0.3, 0.4) is 0 Å². The first-order valence-corrected chi connectivity index (χ1v) is 4.61. The SMILES string of the molecule is CC(C)CCc1cncc(C=O)c1. The Labute approximate surface area is 79.0 Å². The number of hydrogen-bond acceptors (Lipinski definition) is 2. The smallest absolute Gasteiger partial charge is 0.151 e. The van der Waals surface area contributed by atoms with Gasteiger partial charge in [0.25, 0.3) is 0 Å². The molecule has 2 heteroatoms. The number of aryl methyl sites for hydroxylation is 1. The third kappa shape index (κ3) is 3.36. The first-order chi connectivity index (χ1) is 6.22. The van der Waals surface area contributed by atoms with Gasteiger partial charge in [-0.05, 0) is 30.4 Å². The summed E-state index contributed by atoms with van der Waals surface area (Å²) >= 11 is 0. The van der Waals surface area contributed by atoms with E-state index < -0.39 is 0 Å². The molecule has 1 heterocycles. The average molecular weight is 177 g/mol. The molecular formula is C11H15NO. The molecule has 0 aromatic carbocycles. The number of nitrogens with zero attached hydrogens (tertiary/aromatic N) is 1. The second-order valence-electron chi connectivity index (χ2n) is 3.68. The standard InChI is InChI=1S/C11H15NO/c1-9(2)3-4-10-5-11(8-13)7-12-6-10/h5-9H,3-4H2,1-2H3. The van der Waals surface area contributed by atoms with Crippen LogP contribution in [0.5, 0.6) is 0 Å². The van der Waals surface area contributed by atoms with E-state index in [9.17, 15) is 4.79 Å². The summed E-state index contributed by atoms with van der Waals surface area (Å²) in [6, 6.07) is 1.91. The lowest BCUT2D eigenvalue weighted by atomic mass is 10.0. The highest BCUT2D eigenvalue weighted by molar-refractivity contribution is 5.74. The molecule has 1 aromatic heterocycles. The normalized spacial score (nSPS) is 10.4. The Bertz CT molecular complexity index is 281. The Hall–Kier alpha value is -1.18. The number of hydrogen-bond donors (Lipinski definition) is 0. The van der Waals surface area contributed by atoms with Gasteiger partial charge in [0, 0.05) is 18.0 Å². The third-order valence-electron chi connectivity index (χ3n) is 1.96. The van der Waals surface area contributed by atoms with Crippen LogP contribution in [-0.4, -0.2) is 11.3 Å². The van der Waals surface area contributed by atoms with Crippen LogP contribution in [0.25, 0.3) is 0 Å². The number of carbonyl (C=O) groups excluding carboxylic acids is 1. The Kier molecular flexibility index (Phi) is 3.62. The van der Waals surface area contributed by atoms with Crippen molar-refractivity contribution >= 4 is 6.29 Å². The molecule has 0 aliphatic carbocycles. The van der Waals surface area contributed by atoms with Crippen molar-refractivity contribution in [3.05, 3.63) is 29.6 Å². The number of pyridine rings is 1. The van der Waals surface area contributed by atoms with E-state index in [2.05, 4.69) is 18.8 Å². The van der Waals surface area contributed by atoms with Crippen molar-refractivity contribution in [2.75, 3.05) is 0 Å². The Morgan fingerprint density at radius 1 is 1.46 bits per heavy atom. The molecular weight excluding hydrogens is 162 g/mol. The zero-order chi connectivity index (χ0) is 9.68. The highest BCUT2D eigenvalue weighted by atomic mass is 16.1. The Balaban J connectivity index is 2.61. The van der Waals surface area contributed by atoms with Crippen molar-refractivity contribution in [3.63, 3.8) is 0 Å². The summed E-state index contributed by atoms with van der Waals surface area (Å²) in [6.07, 6.45) is 6.41. The largest absolute Gasteiger partial charge is 0.298 e. The quantitative estimate of drug-likeness (QED) is 0.661. The molecule has 0 bridgehead atoms. The van der Waals surface area contributed by atoms with Crippen molar-refractivity contribution in [3.8, 4) is 0 Å². The van der Waals surface area contributed by atoms with Crippen LogP contribution in [-0.2, 0) is 6.42 Å². The summed E-state index contributed by atoms with van der Waals surface area (Å²) in [7, 11) is 0. The molecule has 70 valence electrons. The van der Waals surface area contributed by atoms with Gasteiger partial charge in [-0.15, -0.1) is 0 Å². The lowest BCUT2D eigenvalue weighted by Gasteiger charge is -2.03. The van der Waals surface area contributed by atoms with Gasteiger partial charge >= 0.3 is 0 Å². The van der Waals surface area contributed by atoms with Crippen molar-refractivity contribution in [1.29, 1.82) is 0 Å². The molecule has 13 heavy (non-hydrogen) atoms. The summed E-state index contributed by atoms with van der Waals surface area (Å²) < 4.78 is 0. The van der Waals surface area contributed by atoms with Gasteiger partial charge in [-0.1, -0.05) is 13.8 Å². The number of aldehydes is 1. The van der Waals surface area contributed by atoms with Crippen LogP contribution in [0.15, 0.2) is 18.5 Å². The Morgan fingerprint density at radius 3 is 2.85 bits per heavy atom. The average Bonchev–Trinajstić information content (AvgIpc) is 2.15. The Morgan fingerprint density at radius 2 is 2.23 bits per heavy atom. The van der Waals surface area contributed by atoms with Crippen molar-refractivity contribution in [1.82, 2.24) is 4.98 Å². The second kappa shape index (κ2) is 4.75. The van der Waals surface area contributed by atoms with Gasteiger partial charge in [0.2, 0.25) is 0 Å². The molecule has 0 saturated heterocycles. The molecule has 0 aliphatic rings. The maximum Gasteiger partial charge on any atom is 0.151 e. The molecule has 0 unspecified atom stereocenters. The fraction of sp³-hybridized carbons (Fsp3) is 0.455. The third-order valence-corrected chi connectivity index (χ3v) is 1.96. The molecule has 0 fully saturated rings. The summed E-state index contributed by atoms with van der Waals surface area (Å²) in [5, 5.41) is 0. The van der Waals surface area contributed by atoms with Gasteiger partial charge in [-0.2, -0.15) is 0 Å².